The standard InChI is InChI=1S/C21H19NO3/c23-21(24)17-6-5-16-12-19(10-8-15(16)11-17)25-13-18-9-7-14-3-1-2-4-20(14)22-18/h1-4,7-10,12,17H,5-6,11,13H2,(H,23,24). The molecule has 1 unspecified atom stereocenters. The molecule has 1 atom stereocenters. The van der Waals surface area contributed by atoms with Gasteiger partial charge in [-0.05, 0) is 54.7 Å². The van der Waals surface area contributed by atoms with Gasteiger partial charge in [0, 0.05) is 5.39 Å². The number of hydrogen-bond donors (Lipinski definition) is 1. The molecule has 0 radical (unpaired) electrons. The lowest BCUT2D eigenvalue weighted by molar-refractivity contribution is -0.142. The zero-order chi connectivity index (χ0) is 17.2. The molecule has 0 amide bonds. The van der Waals surface area contributed by atoms with E-state index < -0.39 is 5.97 Å². The zero-order valence-corrected chi connectivity index (χ0v) is 13.8. The molecule has 1 aliphatic rings. The summed E-state index contributed by atoms with van der Waals surface area (Å²) in [5, 5.41) is 10.3. The third kappa shape index (κ3) is 3.33. The van der Waals surface area contributed by atoms with Crippen LogP contribution in [0.2, 0.25) is 0 Å². The second kappa shape index (κ2) is 6.55. The van der Waals surface area contributed by atoms with Crippen LogP contribution in [0.5, 0.6) is 5.75 Å². The number of carboxylic acids is 1. The van der Waals surface area contributed by atoms with Gasteiger partial charge < -0.3 is 9.84 Å². The van der Waals surface area contributed by atoms with Crippen LogP contribution < -0.4 is 4.74 Å². The van der Waals surface area contributed by atoms with Crippen LogP contribution in [-0.4, -0.2) is 16.1 Å². The Morgan fingerprint density at radius 2 is 2.00 bits per heavy atom. The Bertz CT molecular complexity index is 935. The highest BCUT2D eigenvalue weighted by atomic mass is 16.5. The van der Waals surface area contributed by atoms with Gasteiger partial charge in [-0.25, -0.2) is 4.98 Å². The number of rotatable bonds is 4. The summed E-state index contributed by atoms with van der Waals surface area (Å²) in [6.07, 6.45) is 2.09. The Hall–Kier alpha value is -2.88. The van der Waals surface area contributed by atoms with Crippen LogP contribution in [0.25, 0.3) is 10.9 Å². The van der Waals surface area contributed by atoms with E-state index in [9.17, 15) is 9.90 Å². The van der Waals surface area contributed by atoms with Gasteiger partial charge >= 0.3 is 5.97 Å². The number of carbonyl (C=O) groups is 1. The molecule has 0 fully saturated rings. The summed E-state index contributed by atoms with van der Waals surface area (Å²) in [5.41, 5.74) is 4.17. The molecule has 4 heteroatoms. The van der Waals surface area contributed by atoms with Gasteiger partial charge in [0.1, 0.15) is 12.4 Å². The Balaban J connectivity index is 1.47. The second-order valence-corrected chi connectivity index (χ2v) is 6.49. The van der Waals surface area contributed by atoms with Gasteiger partial charge in [-0.2, -0.15) is 0 Å². The van der Waals surface area contributed by atoms with Crippen LogP contribution in [0.4, 0.5) is 0 Å². The molecule has 1 N–H and O–H groups in total. The first-order valence-corrected chi connectivity index (χ1v) is 8.51. The number of aromatic nitrogens is 1. The number of ether oxygens (including phenoxy) is 1. The normalized spacial score (nSPS) is 16.4. The maximum Gasteiger partial charge on any atom is 0.306 e. The topological polar surface area (TPSA) is 59.4 Å². The van der Waals surface area contributed by atoms with E-state index in [-0.39, 0.29) is 5.92 Å². The number of hydrogen-bond acceptors (Lipinski definition) is 3. The summed E-state index contributed by atoms with van der Waals surface area (Å²) in [7, 11) is 0. The fourth-order valence-corrected chi connectivity index (χ4v) is 3.38. The molecular formula is C21H19NO3. The fourth-order valence-electron chi connectivity index (χ4n) is 3.38. The Morgan fingerprint density at radius 3 is 2.88 bits per heavy atom. The van der Waals surface area contributed by atoms with Crippen molar-refractivity contribution in [1.82, 2.24) is 4.98 Å². The minimum atomic E-state index is -0.701. The van der Waals surface area contributed by atoms with E-state index in [2.05, 4.69) is 11.1 Å². The van der Waals surface area contributed by atoms with Crippen molar-refractivity contribution in [3.63, 3.8) is 0 Å². The zero-order valence-electron chi connectivity index (χ0n) is 13.8. The summed E-state index contributed by atoms with van der Waals surface area (Å²) in [4.78, 5) is 15.8. The smallest absolute Gasteiger partial charge is 0.306 e. The molecule has 0 bridgehead atoms. The van der Waals surface area contributed by atoms with Crippen molar-refractivity contribution >= 4 is 16.9 Å². The fraction of sp³-hybridized carbons (Fsp3) is 0.238. The molecule has 4 rings (SSSR count). The van der Waals surface area contributed by atoms with Crippen molar-refractivity contribution < 1.29 is 14.6 Å². The maximum atomic E-state index is 11.2. The first kappa shape index (κ1) is 15.6. The molecule has 0 saturated carbocycles. The van der Waals surface area contributed by atoms with Crippen LogP contribution in [-0.2, 0) is 24.2 Å². The van der Waals surface area contributed by atoms with Crippen LogP contribution in [0.1, 0.15) is 23.2 Å². The molecule has 1 heterocycles. The first-order chi connectivity index (χ1) is 12.2. The number of fused-ring (bicyclic) bond motifs is 2. The molecule has 3 aromatic rings. The predicted octanol–water partition coefficient (Wildman–Crippen LogP) is 4.00. The molecule has 0 aliphatic heterocycles. The van der Waals surface area contributed by atoms with Crippen molar-refractivity contribution in [2.24, 2.45) is 5.92 Å². The summed E-state index contributed by atoms with van der Waals surface area (Å²) in [6, 6.07) is 18.0. The van der Waals surface area contributed by atoms with Gasteiger partial charge in [0.25, 0.3) is 0 Å². The average molecular weight is 333 g/mol. The van der Waals surface area contributed by atoms with Crippen molar-refractivity contribution in [1.29, 1.82) is 0 Å². The van der Waals surface area contributed by atoms with Gasteiger partial charge in [-0.1, -0.05) is 30.3 Å². The average Bonchev–Trinajstić information content (AvgIpc) is 2.65. The van der Waals surface area contributed by atoms with Crippen molar-refractivity contribution in [2.45, 2.75) is 25.9 Å². The molecule has 0 spiro atoms. The van der Waals surface area contributed by atoms with Crippen LogP contribution in [0.3, 0.4) is 0 Å². The minimum Gasteiger partial charge on any atom is -0.487 e. The number of aryl methyl sites for hydroxylation is 1. The lowest BCUT2D eigenvalue weighted by Crippen LogP contribution is -2.22. The Labute approximate surface area is 146 Å². The highest BCUT2D eigenvalue weighted by Gasteiger charge is 2.24. The predicted molar refractivity (Wildman–Crippen MR) is 95.7 cm³/mol. The third-order valence-electron chi connectivity index (χ3n) is 4.80. The molecule has 25 heavy (non-hydrogen) atoms. The number of pyridine rings is 1. The lowest BCUT2D eigenvalue weighted by atomic mass is 9.84. The minimum absolute atomic E-state index is 0.263. The molecule has 126 valence electrons. The van der Waals surface area contributed by atoms with E-state index in [1.807, 2.05) is 48.5 Å². The molecule has 0 saturated heterocycles. The maximum absolute atomic E-state index is 11.2. The van der Waals surface area contributed by atoms with E-state index in [0.29, 0.717) is 19.4 Å². The van der Waals surface area contributed by atoms with Gasteiger partial charge in [-0.3, -0.25) is 4.79 Å². The van der Waals surface area contributed by atoms with Crippen LogP contribution in [0, 0.1) is 5.92 Å². The Morgan fingerprint density at radius 1 is 1.12 bits per heavy atom. The largest absolute Gasteiger partial charge is 0.487 e. The van der Waals surface area contributed by atoms with Gasteiger partial charge in [-0.15, -0.1) is 0 Å². The van der Waals surface area contributed by atoms with Gasteiger partial charge in [0.15, 0.2) is 0 Å². The van der Waals surface area contributed by atoms with E-state index in [0.717, 1.165) is 34.3 Å². The van der Waals surface area contributed by atoms with E-state index in [4.69, 9.17) is 4.74 Å². The number of aliphatic carboxylic acids is 1. The number of carboxylic acid groups (broad SMARTS) is 1. The highest BCUT2D eigenvalue weighted by molar-refractivity contribution is 5.78. The van der Waals surface area contributed by atoms with Crippen LogP contribution in [0.15, 0.2) is 54.6 Å². The second-order valence-electron chi connectivity index (χ2n) is 6.49. The lowest BCUT2D eigenvalue weighted by Gasteiger charge is -2.22. The number of para-hydroxylation sites is 1. The van der Waals surface area contributed by atoms with E-state index >= 15 is 0 Å². The molecule has 1 aliphatic carbocycles. The number of nitrogens with zero attached hydrogens (tertiary/aromatic N) is 1. The summed E-state index contributed by atoms with van der Waals surface area (Å²) < 4.78 is 5.90. The van der Waals surface area contributed by atoms with Crippen molar-refractivity contribution in [3.8, 4) is 5.75 Å². The van der Waals surface area contributed by atoms with Gasteiger partial charge in [0.05, 0.1) is 17.1 Å². The van der Waals surface area contributed by atoms with Crippen LogP contribution >= 0.6 is 0 Å². The Kier molecular flexibility index (Phi) is 4.10. The van der Waals surface area contributed by atoms with E-state index in [1.54, 1.807) is 0 Å². The molecule has 2 aromatic carbocycles. The quantitative estimate of drug-likeness (QED) is 0.784. The SMILES string of the molecule is O=C(O)C1CCc2cc(OCc3ccc4ccccc4n3)ccc2C1. The molecular weight excluding hydrogens is 314 g/mol. The number of benzene rings is 2. The van der Waals surface area contributed by atoms with Crippen molar-refractivity contribution in [3.05, 3.63) is 71.4 Å². The first-order valence-electron chi connectivity index (χ1n) is 8.51. The van der Waals surface area contributed by atoms with Crippen molar-refractivity contribution in [2.75, 3.05) is 0 Å². The summed E-state index contributed by atoms with van der Waals surface area (Å²) >= 11 is 0. The molecule has 4 nitrogen and oxygen atoms in total. The molecule has 1 aromatic heterocycles. The highest BCUT2D eigenvalue weighted by Crippen LogP contribution is 2.29. The van der Waals surface area contributed by atoms with Gasteiger partial charge in [0.2, 0.25) is 0 Å². The van der Waals surface area contributed by atoms with E-state index in [1.165, 1.54) is 5.56 Å². The summed E-state index contributed by atoms with van der Waals surface area (Å²) in [6.45, 7) is 0.418. The third-order valence-corrected chi connectivity index (χ3v) is 4.80. The summed E-state index contributed by atoms with van der Waals surface area (Å²) in [5.74, 6) is -0.156. The monoisotopic (exact) mass is 333 g/mol.